The molecule has 1 saturated heterocycles. The van der Waals surface area contributed by atoms with E-state index in [4.69, 9.17) is 0 Å². The van der Waals surface area contributed by atoms with Gasteiger partial charge in [-0.1, -0.05) is 18.2 Å². The molecule has 0 saturated carbocycles. The highest BCUT2D eigenvalue weighted by Gasteiger charge is 2.25. The molecule has 0 radical (unpaired) electrons. The summed E-state index contributed by atoms with van der Waals surface area (Å²) in [6.45, 7) is 1.57. The van der Waals surface area contributed by atoms with Crippen molar-refractivity contribution in [2.75, 3.05) is 20.1 Å². The second-order valence-electron chi connectivity index (χ2n) is 4.42. The van der Waals surface area contributed by atoms with Crippen LogP contribution in [0.2, 0.25) is 0 Å². The van der Waals surface area contributed by atoms with Crippen molar-refractivity contribution in [1.82, 2.24) is 10.2 Å². The number of likely N-dealkylation sites (tertiary alicyclic amines) is 1. The zero-order valence-electron chi connectivity index (χ0n) is 10.0. The molecule has 1 heterocycles. The first-order valence-electron chi connectivity index (χ1n) is 5.92. The van der Waals surface area contributed by atoms with Crippen LogP contribution < -0.4 is 5.32 Å². The van der Waals surface area contributed by atoms with Crippen molar-refractivity contribution in [3.05, 3.63) is 29.8 Å². The van der Waals surface area contributed by atoms with Crippen LogP contribution in [0.25, 0.3) is 0 Å². The normalized spacial score (nSPS) is 19.6. The van der Waals surface area contributed by atoms with Crippen LogP contribution in [0.15, 0.2) is 24.3 Å². The van der Waals surface area contributed by atoms with Crippen molar-refractivity contribution >= 4 is 5.91 Å². The summed E-state index contributed by atoms with van der Waals surface area (Å²) < 4.78 is 0. The topological polar surface area (TPSA) is 52.6 Å². The molecular weight excluding hydrogens is 216 g/mol. The fraction of sp³-hybridized carbons (Fsp3) is 0.462. The number of phenolic OH excluding ortho intramolecular Hbond substituents is 1. The van der Waals surface area contributed by atoms with Gasteiger partial charge in [0.2, 0.25) is 5.91 Å². The Morgan fingerprint density at radius 3 is 2.94 bits per heavy atom. The molecule has 92 valence electrons. The van der Waals surface area contributed by atoms with Crippen LogP contribution in [0.5, 0.6) is 5.75 Å². The monoisotopic (exact) mass is 234 g/mol. The first kappa shape index (κ1) is 11.9. The van der Waals surface area contributed by atoms with E-state index in [9.17, 15) is 9.90 Å². The second-order valence-corrected chi connectivity index (χ2v) is 4.42. The molecule has 1 aromatic rings. The Labute approximate surface area is 101 Å². The van der Waals surface area contributed by atoms with Gasteiger partial charge in [0.15, 0.2) is 0 Å². The molecule has 1 fully saturated rings. The molecule has 1 aliphatic heterocycles. The minimum Gasteiger partial charge on any atom is -0.508 e. The van der Waals surface area contributed by atoms with Crippen molar-refractivity contribution in [3.63, 3.8) is 0 Å². The highest BCUT2D eigenvalue weighted by molar-refractivity contribution is 5.79. The average Bonchev–Trinajstić information content (AvgIpc) is 2.81. The van der Waals surface area contributed by atoms with Gasteiger partial charge in [0, 0.05) is 24.7 Å². The van der Waals surface area contributed by atoms with Crippen LogP contribution in [0.3, 0.4) is 0 Å². The maximum absolute atomic E-state index is 12.0. The van der Waals surface area contributed by atoms with E-state index in [2.05, 4.69) is 5.32 Å². The summed E-state index contributed by atoms with van der Waals surface area (Å²) in [6.07, 6.45) is 1.28. The first-order valence-corrected chi connectivity index (χ1v) is 5.92. The van der Waals surface area contributed by atoms with Gasteiger partial charge in [-0.25, -0.2) is 0 Å². The minimum absolute atomic E-state index is 0.0873. The lowest BCUT2D eigenvalue weighted by molar-refractivity contribution is -0.129. The Balaban J connectivity index is 1.96. The Kier molecular flexibility index (Phi) is 3.64. The molecule has 0 spiro atoms. The summed E-state index contributed by atoms with van der Waals surface area (Å²) in [5.41, 5.74) is 0.699. The zero-order valence-corrected chi connectivity index (χ0v) is 10.0. The van der Waals surface area contributed by atoms with Crippen molar-refractivity contribution in [2.45, 2.75) is 18.9 Å². The summed E-state index contributed by atoms with van der Waals surface area (Å²) in [5.74, 6) is 0.287. The lowest BCUT2D eigenvalue weighted by Crippen LogP contribution is -2.34. The largest absolute Gasteiger partial charge is 0.508 e. The molecule has 0 bridgehead atoms. The number of nitrogens with one attached hydrogen (secondary N) is 1. The van der Waals surface area contributed by atoms with E-state index >= 15 is 0 Å². The molecule has 17 heavy (non-hydrogen) atoms. The third-order valence-electron chi connectivity index (χ3n) is 3.28. The smallest absolute Gasteiger partial charge is 0.227 e. The quantitative estimate of drug-likeness (QED) is 0.811. The third kappa shape index (κ3) is 2.77. The molecule has 1 atom stereocenters. The van der Waals surface area contributed by atoms with Crippen LogP contribution in [0.1, 0.15) is 12.0 Å². The number of carbonyl (C=O) groups is 1. The summed E-state index contributed by atoms with van der Waals surface area (Å²) in [7, 11) is 1.92. The fourth-order valence-corrected chi connectivity index (χ4v) is 2.16. The number of nitrogens with zero attached hydrogens (tertiary/aromatic N) is 1. The number of phenols is 1. The highest BCUT2D eigenvalue weighted by Crippen LogP contribution is 2.18. The maximum Gasteiger partial charge on any atom is 0.227 e. The number of amides is 1. The second kappa shape index (κ2) is 5.19. The fourth-order valence-electron chi connectivity index (χ4n) is 2.16. The number of carbonyl (C=O) groups excluding carboxylic acids is 1. The predicted molar refractivity (Wildman–Crippen MR) is 65.9 cm³/mol. The van der Waals surface area contributed by atoms with E-state index in [0.29, 0.717) is 11.6 Å². The van der Waals surface area contributed by atoms with E-state index in [0.717, 1.165) is 19.5 Å². The van der Waals surface area contributed by atoms with Crippen molar-refractivity contribution in [1.29, 1.82) is 0 Å². The van der Waals surface area contributed by atoms with Crippen molar-refractivity contribution in [2.24, 2.45) is 0 Å². The summed E-state index contributed by atoms with van der Waals surface area (Å²) in [5, 5.41) is 12.8. The van der Waals surface area contributed by atoms with Gasteiger partial charge >= 0.3 is 0 Å². The molecule has 0 aromatic heterocycles. The van der Waals surface area contributed by atoms with E-state index in [-0.39, 0.29) is 18.1 Å². The molecule has 0 aliphatic carbocycles. The Morgan fingerprint density at radius 2 is 2.29 bits per heavy atom. The number of aromatic hydroxyl groups is 1. The standard InChI is InChI=1S/C13H18N2O2/c1-14-11-6-7-15(9-11)13(17)8-10-4-2-3-5-12(10)16/h2-5,11,14,16H,6-9H2,1H3. The molecule has 2 N–H and O–H groups in total. The SMILES string of the molecule is CNC1CCN(C(=O)Cc2ccccc2O)C1. The minimum atomic E-state index is 0.0873. The van der Waals surface area contributed by atoms with E-state index < -0.39 is 0 Å². The molecule has 2 rings (SSSR count). The van der Waals surface area contributed by atoms with Crippen LogP contribution in [0.4, 0.5) is 0 Å². The number of para-hydroxylation sites is 1. The first-order chi connectivity index (χ1) is 8.20. The lowest BCUT2D eigenvalue weighted by atomic mass is 10.1. The van der Waals surface area contributed by atoms with Crippen LogP contribution in [-0.4, -0.2) is 42.1 Å². The molecule has 1 aromatic carbocycles. The van der Waals surface area contributed by atoms with E-state index in [1.165, 1.54) is 0 Å². The number of rotatable bonds is 3. The lowest BCUT2D eigenvalue weighted by Gasteiger charge is -2.16. The van der Waals surface area contributed by atoms with Gasteiger partial charge in [-0.15, -0.1) is 0 Å². The van der Waals surface area contributed by atoms with Crippen LogP contribution >= 0.6 is 0 Å². The zero-order chi connectivity index (χ0) is 12.3. The number of likely N-dealkylation sites (N-methyl/N-ethyl adjacent to an activating group) is 1. The highest BCUT2D eigenvalue weighted by atomic mass is 16.3. The number of benzene rings is 1. The number of hydrogen-bond donors (Lipinski definition) is 2. The Morgan fingerprint density at radius 1 is 1.53 bits per heavy atom. The molecule has 4 nitrogen and oxygen atoms in total. The van der Waals surface area contributed by atoms with Gasteiger partial charge in [0.25, 0.3) is 0 Å². The molecule has 1 amide bonds. The van der Waals surface area contributed by atoms with Crippen LogP contribution in [0, 0.1) is 0 Å². The van der Waals surface area contributed by atoms with Gasteiger partial charge in [-0.3, -0.25) is 4.79 Å². The molecular formula is C13H18N2O2. The summed E-state index contributed by atoms with van der Waals surface area (Å²) >= 11 is 0. The number of hydrogen-bond acceptors (Lipinski definition) is 3. The van der Waals surface area contributed by atoms with Gasteiger partial charge in [-0.2, -0.15) is 0 Å². The van der Waals surface area contributed by atoms with Gasteiger partial charge in [0.05, 0.1) is 6.42 Å². The van der Waals surface area contributed by atoms with E-state index in [1.807, 2.05) is 18.0 Å². The Bertz CT molecular complexity index is 406. The predicted octanol–water partition coefficient (Wildman–Crippen LogP) is 0.755. The molecule has 1 aliphatic rings. The summed E-state index contributed by atoms with van der Waals surface area (Å²) in [6, 6.07) is 7.41. The molecule has 1 unspecified atom stereocenters. The van der Waals surface area contributed by atoms with Crippen molar-refractivity contribution in [3.8, 4) is 5.75 Å². The van der Waals surface area contributed by atoms with Gasteiger partial charge in [0.1, 0.15) is 5.75 Å². The molecule has 4 heteroatoms. The average molecular weight is 234 g/mol. The third-order valence-corrected chi connectivity index (χ3v) is 3.28. The maximum atomic E-state index is 12.0. The Hall–Kier alpha value is -1.55. The van der Waals surface area contributed by atoms with Crippen LogP contribution in [-0.2, 0) is 11.2 Å². The van der Waals surface area contributed by atoms with Crippen molar-refractivity contribution < 1.29 is 9.90 Å². The van der Waals surface area contributed by atoms with E-state index in [1.54, 1.807) is 18.2 Å². The van der Waals surface area contributed by atoms with Gasteiger partial charge < -0.3 is 15.3 Å². The summed E-state index contributed by atoms with van der Waals surface area (Å²) in [4.78, 5) is 13.9. The van der Waals surface area contributed by atoms with Gasteiger partial charge in [-0.05, 0) is 19.5 Å².